The van der Waals surface area contributed by atoms with Gasteiger partial charge in [0.25, 0.3) is 0 Å². The number of ether oxygens (including phenoxy) is 1. The van der Waals surface area contributed by atoms with Crippen LogP contribution < -0.4 is 15.5 Å². The zero-order valence-electron chi connectivity index (χ0n) is 15.9. The van der Waals surface area contributed by atoms with E-state index in [4.69, 9.17) is 17.0 Å². The molecule has 0 fully saturated rings. The molecular weight excluding hydrogens is 469 g/mol. The van der Waals surface area contributed by atoms with Crippen LogP contribution in [0.4, 0.5) is 10.1 Å². The van der Waals surface area contributed by atoms with E-state index in [2.05, 4.69) is 31.8 Å². The Labute approximate surface area is 187 Å². The van der Waals surface area contributed by atoms with Gasteiger partial charge in [-0.15, -0.1) is 0 Å². The average Bonchev–Trinajstić information content (AvgIpc) is 2.71. The molecule has 0 unspecified atom stereocenters. The van der Waals surface area contributed by atoms with Crippen LogP contribution in [0.15, 0.2) is 76.3 Å². The molecule has 30 heavy (non-hydrogen) atoms. The van der Waals surface area contributed by atoms with E-state index < -0.39 is 5.97 Å². The van der Waals surface area contributed by atoms with E-state index >= 15 is 0 Å². The largest absolute Gasteiger partial charge is 0.422 e. The molecule has 5 nitrogen and oxygen atoms in total. The first-order valence-corrected chi connectivity index (χ1v) is 10.0. The third kappa shape index (κ3) is 6.20. The number of rotatable bonds is 5. The van der Waals surface area contributed by atoms with Gasteiger partial charge in [-0.1, -0.05) is 33.6 Å². The molecule has 0 saturated heterocycles. The van der Waals surface area contributed by atoms with Gasteiger partial charge in [0.15, 0.2) is 5.11 Å². The molecule has 0 radical (unpaired) electrons. The second kappa shape index (κ2) is 10.1. The lowest BCUT2D eigenvalue weighted by Crippen LogP contribution is -2.23. The molecule has 0 aliphatic carbocycles. The topological polar surface area (TPSA) is 62.7 Å². The quantitative estimate of drug-likeness (QED) is 0.166. The molecule has 3 rings (SSSR count). The number of thiocarbonyl (C=S) groups is 1. The molecule has 3 aromatic rings. The number of anilines is 1. The van der Waals surface area contributed by atoms with Gasteiger partial charge >= 0.3 is 5.97 Å². The summed E-state index contributed by atoms with van der Waals surface area (Å²) in [5.41, 5.74) is 5.30. The minimum absolute atomic E-state index is 0.228. The molecular formula is C22H17BrFN3O2S. The average molecular weight is 486 g/mol. The van der Waals surface area contributed by atoms with Gasteiger partial charge < -0.3 is 10.1 Å². The lowest BCUT2D eigenvalue weighted by Gasteiger charge is -2.09. The van der Waals surface area contributed by atoms with Gasteiger partial charge in [-0.05, 0) is 73.7 Å². The third-order valence-electron chi connectivity index (χ3n) is 3.90. The predicted octanol–water partition coefficient (Wildman–Crippen LogP) is 5.44. The van der Waals surface area contributed by atoms with Crippen molar-refractivity contribution >= 4 is 51.1 Å². The van der Waals surface area contributed by atoms with E-state index in [1.165, 1.54) is 18.3 Å². The van der Waals surface area contributed by atoms with Crippen molar-refractivity contribution < 1.29 is 13.9 Å². The summed E-state index contributed by atoms with van der Waals surface area (Å²) in [6.45, 7) is 1.91. The van der Waals surface area contributed by atoms with Crippen LogP contribution >= 0.6 is 28.1 Å². The SMILES string of the molecule is Cc1cccc(C(=O)Oc2ccc(Br)cc2C=NNC(=S)Nc2ccc(F)cc2)c1. The Bertz CT molecular complexity index is 1100. The fourth-order valence-corrected chi connectivity index (χ4v) is 3.05. The van der Waals surface area contributed by atoms with Crippen molar-refractivity contribution in [3.05, 3.63) is 93.7 Å². The molecule has 0 saturated carbocycles. The summed E-state index contributed by atoms with van der Waals surface area (Å²) < 4.78 is 19.3. The van der Waals surface area contributed by atoms with Gasteiger partial charge in [-0.2, -0.15) is 5.10 Å². The Balaban J connectivity index is 1.67. The van der Waals surface area contributed by atoms with Crippen molar-refractivity contribution in [3.63, 3.8) is 0 Å². The fraction of sp³-hybridized carbons (Fsp3) is 0.0455. The Kier molecular flexibility index (Phi) is 7.26. The summed E-state index contributed by atoms with van der Waals surface area (Å²) in [5.74, 6) is -0.440. The first kappa shape index (κ1) is 21.6. The Morgan fingerprint density at radius 1 is 1.13 bits per heavy atom. The number of aryl methyl sites for hydroxylation is 1. The summed E-state index contributed by atoms with van der Waals surface area (Å²) in [5, 5.41) is 7.20. The first-order valence-electron chi connectivity index (χ1n) is 8.85. The van der Waals surface area contributed by atoms with Crippen LogP contribution in [-0.2, 0) is 0 Å². The summed E-state index contributed by atoms with van der Waals surface area (Å²) in [6.07, 6.45) is 1.49. The van der Waals surface area contributed by atoms with Gasteiger partial charge in [-0.25, -0.2) is 9.18 Å². The molecule has 0 aliphatic rings. The number of esters is 1. The molecule has 152 valence electrons. The summed E-state index contributed by atoms with van der Waals surface area (Å²) >= 11 is 8.56. The number of nitrogens with zero attached hydrogens (tertiary/aromatic N) is 1. The van der Waals surface area contributed by atoms with E-state index in [9.17, 15) is 9.18 Å². The van der Waals surface area contributed by atoms with Crippen LogP contribution in [0.2, 0.25) is 0 Å². The first-order chi connectivity index (χ1) is 14.4. The normalized spacial score (nSPS) is 10.6. The maximum Gasteiger partial charge on any atom is 0.343 e. The molecule has 0 aromatic heterocycles. The number of hydrogen-bond acceptors (Lipinski definition) is 4. The molecule has 0 atom stereocenters. The number of benzene rings is 3. The molecule has 3 aromatic carbocycles. The van der Waals surface area contributed by atoms with Crippen LogP contribution in [0.1, 0.15) is 21.5 Å². The van der Waals surface area contributed by atoms with Crippen molar-refractivity contribution in [3.8, 4) is 5.75 Å². The van der Waals surface area contributed by atoms with Crippen molar-refractivity contribution in [2.45, 2.75) is 6.92 Å². The van der Waals surface area contributed by atoms with Crippen molar-refractivity contribution in [1.29, 1.82) is 0 Å². The van der Waals surface area contributed by atoms with E-state index in [0.717, 1.165) is 10.0 Å². The highest BCUT2D eigenvalue weighted by Crippen LogP contribution is 2.23. The van der Waals surface area contributed by atoms with Gasteiger partial charge in [0.1, 0.15) is 11.6 Å². The maximum atomic E-state index is 13.0. The summed E-state index contributed by atoms with van der Waals surface area (Å²) in [6, 6.07) is 18.1. The lowest BCUT2D eigenvalue weighted by molar-refractivity contribution is 0.0734. The molecule has 0 spiro atoms. The van der Waals surface area contributed by atoms with Crippen molar-refractivity contribution in [2.24, 2.45) is 5.10 Å². The van der Waals surface area contributed by atoms with E-state index in [1.807, 2.05) is 13.0 Å². The van der Waals surface area contributed by atoms with Gasteiger partial charge in [0, 0.05) is 15.7 Å². The highest BCUT2D eigenvalue weighted by Gasteiger charge is 2.11. The number of halogens is 2. The fourth-order valence-electron chi connectivity index (χ4n) is 2.50. The monoisotopic (exact) mass is 485 g/mol. The smallest absolute Gasteiger partial charge is 0.343 e. The van der Waals surface area contributed by atoms with E-state index in [-0.39, 0.29) is 10.9 Å². The minimum atomic E-state index is -0.461. The summed E-state index contributed by atoms with van der Waals surface area (Å²) in [4.78, 5) is 12.5. The third-order valence-corrected chi connectivity index (χ3v) is 4.59. The Morgan fingerprint density at radius 3 is 2.63 bits per heavy atom. The second-order valence-corrected chi connectivity index (χ2v) is 7.60. The predicted molar refractivity (Wildman–Crippen MR) is 124 cm³/mol. The van der Waals surface area contributed by atoms with E-state index in [0.29, 0.717) is 22.6 Å². The lowest BCUT2D eigenvalue weighted by atomic mass is 10.1. The number of hydrazone groups is 1. The van der Waals surface area contributed by atoms with Gasteiger partial charge in [0.05, 0.1) is 11.8 Å². The molecule has 0 heterocycles. The molecule has 8 heteroatoms. The van der Waals surface area contributed by atoms with Crippen LogP contribution in [0.3, 0.4) is 0 Å². The number of nitrogens with one attached hydrogen (secondary N) is 2. The molecule has 2 N–H and O–H groups in total. The minimum Gasteiger partial charge on any atom is -0.422 e. The standard InChI is InChI=1S/C22H17BrFN3O2S/c1-14-3-2-4-15(11-14)21(28)29-20-10-5-17(23)12-16(20)13-25-27-22(30)26-19-8-6-18(24)7-9-19/h2-13H,1H3,(H2,26,27,30). The van der Waals surface area contributed by atoms with Crippen molar-refractivity contribution in [1.82, 2.24) is 5.43 Å². The van der Waals surface area contributed by atoms with Gasteiger partial charge in [0.2, 0.25) is 0 Å². The van der Waals surface area contributed by atoms with Crippen molar-refractivity contribution in [2.75, 3.05) is 5.32 Å². The molecule has 0 bridgehead atoms. The Hall–Kier alpha value is -3.10. The molecule has 0 amide bonds. The van der Waals surface area contributed by atoms with E-state index in [1.54, 1.807) is 48.5 Å². The zero-order valence-corrected chi connectivity index (χ0v) is 18.3. The number of carbonyl (C=O) groups is 1. The van der Waals surface area contributed by atoms with Crippen LogP contribution in [0.25, 0.3) is 0 Å². The number of carbonyl (C=O) groups excluding carboxylic acids is 1. The maximum absolute atomic E-state index is 13.0. The summed E-state index contributed by atoms with van der Waals surface area (Å²) in [7, 11) is 0. The van der Waals surface area contributed by atoms with Gasteiger partial charge in [-0.3, -0.25) is 5.43 Å². The van der Waals surface area contributed by atoms with Crippen LogP contribution in [0, 0.1) is 12.7 Å². The highest BCUT2D eigenvalue weighted by molar-refractivity contribution is 9.10. The Morgan fingerprint density at radius 2 is 1.90 bits per heavy atom. The second-order valence-electron chi connectivity index (χ2n) is 6.27. The molecule has 0 aliphatic heterocycles. The zero-order chi connectivity index (χ0) is 21.5. The highest BCUT2D eigenvalue weighted by atomic mass is 79.9. The van der Waals surface area contributed by atoms with Crippen LogP contribution in [0.5, 0.6) is 5.75 Å². The number of hydrogen-bond donors (Lipinski definition) is 2. The van der Waals surface area contributed by atoms with Crippen LogP contribution in [-0.4, -0.2) is 17.3 Å².